The monoisotopic (exact) mass is 450 g/mol. The van der Waals surface area contributed by atoms with E-state index in [0.717, 1.165) is 30.0 Å². The number of anilines is 1. The summed E-state index contributed by atoms with van der Waals surface area (Å²) >= 11 is 5.93. The number of hydrogen-bond acceptors (Lipinski definition) is 4. The van der Waals surface area contributed by atoms with E-state index in [9.17, 15) is 13.2 Å². The Bertz CT molecular complexity index is 973. The molecule has 0 N–H and O–H groups in total. The van der Waals surface area contributed by atoms with Gasteiger partial charge in [0.05, 0.1) is 17.2 Å². The molecule has 0 atom stereocenters. The molecule has 0 spiro atoms. The Morgan fingerprint density at radius 1 is 1.10 bits per heavy atom. The summed E-state index contributed by atoms with van der Waals surface area (Å²) in [6.07, 6.45) is 4.06. The Balaban J connectivity index is 2.00. The molecule has 0 unspecified atom stereocenters. The fourth-order valence-corrected chi connectivity index (χ4v) is 5.25. The van der Waals surface area contributed by atoms with Crippen molar-refractivity contribution in [1.29, 1.82) is 0 Å². The third-order valence-corrected chi connectivity index (χ3v) is 7.41. The van der Waals surface area contributed by atoms with Crippen LogP contribution >= 0.6 is 11.6 Å². The van der Waals surface area contributed by atoms with Crippen LogP contribution in [-0.4, -0.2) is 45.5 Å². The van der Waals surface area contributed by atoms with Crippen molar-refractivity contribution >= 4 is 33.2 Å². The number of carbonyl (C=O) groups is 1. The number of amides is 1. The van der Waals surface area contributed by atoms with Crippen LogP contribution in [0.1, 0.15) is 32.6 Å². The Morgan fingerprint density at radius 3 is 2.37 bits per heavy atom. The second kappa shape index (κ2) is 9.71. The normalized spacial score (nSPS) is 14.5. The standard InChI is InChI=1S/C22H27ClN2O4S/c1-3-29-21-11-7-6-10-20(21)25(16-22(26)24(2)18-8-4-5-9-18)30(27,28)19-14-12-17(23)13-15-19/h6-7,10-15,18H,3-5,8-9,16H2,1-2H3. The molecule has 1 fully saturated rings. The summed E-state index contributed by atoms with van der Waals surface area (Å²) in [6, 6.07) is 12.9. The zero-order valence-corrected chi connectivity index (χ0v) is 18.8. The summed E-state index contributed by atoms with van der Waals surface area (Å²) < 4.78 is 33.9. The number of nitrogens with zero attached hydrogens (tertiary/aromatic N) is 2. The van der Waals surface area contributed by atoms with Crippen LogP contribution in [0.2, 0.25) is 5.02 Å². The molecule has 0 radical (unpaired) electrons. The van der Waals surface area contributed by atoms with E-state index < -0.39 is 10.0 Å². The van der Waals surface area contributed by atoms with Crippen LogP contribution in [0.5, 0.6) is 5.75 Å². The molecule has 2 aromatic carbocycles. The van der Waals surface area contributed by atoms with Crippen LogP contribution in [0.3, 0.4) is 0 Å². The fraction of sp³-hybridized carbons (Fsp3) is 0.409. The number of carbonyl (C=O) groups excluding carboxylic acids is 1. The molecule has 6 nitrogen and oxygen atoms in total. The van der Waals surface area contributed by atoms with Gasteiger partial charge in [-0.3, -0.25) is 9.10 Å². The largest absolute Gasteiger partial charge is 0.492 e. The lowest BCUT2D eigenvalue weighted by Crippen LogP contribution is -2.44. The predicted octanol–water partition coefficient (Wildman–Crippen LogP) is 4.34. The fourth-order valence-electron chi connectivity index (χ4n) is 3.70. The van der Waals surface area contributed by atoms with E-state index in [0.29, 0.717) is 23.1 Å². The minimum atomic E-state index is -4.02. The minimum Gasteiger partial charge on any atom is -0.492 e. The summed E-state index contributed by atoms with van der Waals surface area (Å²) in [5.74, 6) is 0.166. The minimum absolute atomic E-state index is 0.0644. The second-order valence-electron chi connectivity index (χ2n) is 7.31. The lowest BCUT2D eigenvalue weighted by Gasteiger charge is -2.30. The molecule has 0 saturated heterocycles. The van der Waals surface area contributed by atoms with Gasteiger partial charge in [0.2, 0.25) is 5.91 Å². The summed E-state index contributed by atoms with van der Waals surface area (Å²) in [6.45, 7) is 1.90. The maximum atomic E-state index is 13.5. The highest BCUT2D eigenvalue weighted by atomic mass is 35.5. The molecule has 1 aliphatic rings. The van der Waals surface area contributed by atoms with Gasteiger partial charge in [0.25, 0.3) is 10.0 Å². The SMILES string of the molecule is CCOc1ccccc1N(CC(=O)N(C)C1CCCC1)S(=O)(=O)c1ccc(Cl)cc1. The first-order chi connectivity index (χ1) is 14.3. The Morgan fingerprint density at radius 2 is 1.73 bits per heavy atom. The Hall–Kier alpha value is -2.25. The summed E-state index contributed by atoms with van der Waals surface area (Å²) in [7, 11) is -2.27. The topological polar surface area (TPSA) is 66.9 Å². The number of likely N-dealkylation sites (N-methyl/N-ethyl adjacent to an activating group) is 1. The average Bonchev–Trinajstić information content (AvgIpc) is 3.27. The van der Waals surface area contributed by atoms with Crippen molar-refractivity contribution in [3.8, 4) is 5.75 Å². The van der Waals surface area contributed by atoms with Crippen molar-refractivity contribution < 1.29 is 17.9 Å². The van der Waals surface area contributed by atoms with Crippen LogP contribution in [-0.2, 0) is 14.8 Å². The molecule has 30 heavy (non-hydrogen) atoms. The molecule has 3 rings (SSSR count). The molecule has 0 heterocycles. The molecular weight excluding hydrogens is 424 g/mol. The Labute approximate surface area is 183 Å². The Kier molecular flexibility index (Phi) is 7.26. The number of para-hydroxylation sites is 2. The van der Waals surface area contributed by atoms with E-state index in [2.05, 4.69) is 0 Å². The number of ether oxygens (including phenoxy) is 1. The third-order valence-electron chi connectivity index (χ3n) is 5.38. The van der Waals surface area contributed by atoms with Crippen molar-refractivity contribution in [3.63, 3.8) is 0 Å². The highest BCUT2D eigenvalue weighted by Gasteiger charge is 2.32. The predicted molar refractivity (Wildman–Crippen MR) is 119 cm³/mol. The van der Waals surface area contributed by atoms with Gasteiger partial charge in [-0.2, -0.15) is 0 Å². The molecule has 1 amide bonds. The van der Waals surface area contributed by atoms with Gasteiger partial charge in [-0.1, -0.05) is 36.6 Å². The van der Waals surface area contributed by atoms with Gasteiger partial charge in [0, 0.05) is 18.1 Å². The van der Waals surface area contributed by atoms with E-state index in [4.69, 9.17) is 16.3 Å². The molecule has 8 heteroatoms. The summed E-state index contributed by atoms with van der Waals surface area (Å²) in [5.41, 5.74) is 0.336. The number of benzene rings is 2. The average molecular weight is 451 g/mol. The van der Waals surface area contributed by atoms with Crippen LogP contribution in [0.25, 0.3) is 0 Å². The molecule has 162 valence electrons. The zero-order valence-electron chi connectivity index (χ0n) is 17.3. The van der Waals surface area contributed by atoms with E-state index in [1.807, 2.05) is 6.92 Å². The van der Waals surface area contributed by atoms with Crippen molar-refractivity contribution in [2.24, 2.45) is 0 Å². The maximum absolute atomic E-state index is 13.5. The van der Waals surface area contributed by atoms with Crippen molar-refractivity contribution in [3.05, 3.63) is 53.6 Å². The quantitative estimate of drug-likeness (QED) is 0.600. The molecule has 1 saturated carbocycles. The van der Waals surface area contributed by atoms with Crippen LogP contribution < -0.4 is 9.04 Å². The van der Waals surface area contributed by atoms with Crippen LogP contribution in [0.4, 0.5) is 5.69 Å². The van der Waals surface area contributed by atoms with E-state index >= 15 is 0 Å². The van der Waals surface area contributed by atoms with Gasteiger partial charge in [-0.15, -0.1) is 0 Å². The number of halogens is 1. The van der Waals surface area contributed by atoms with Gasteiger partial charge < -0.3 is 9.64 Å². The highest BCUT2D eigenvalue weighted by Crippen LogP contribution is 2.33. The number of rotatable bonds is 8. The zero-order chi connectivity index (χ0) is 21.7. The molecule has 0 aromatic heterocycles. The summed E-state index contributed by atoms with van der Waals surface area (Å²) in [5, 5.41) is 0.437. The molecule has 0 bridgehead atoms. The first kappa shape index (κ1) is 22.4. The first-order valence-electron chi connectivity index (χ1n) is 10.1. The highest BCUT2D eigenvalue weighted by molar-refractivity contribution is 7.92. The van der Waals surface area contributed by atoms with Crippen molar-refractivity contribution in [1.82, 2.24) is 4.90 Å². The van der Waals surface area contributed by atoms with Gasteiger partial charge in [-0.25, -0.2) is 8.42 Å². The van der Waals surface area contributed by atoms with Gasteiger partial charge >= 0.3 is 0 Å². The lowest BCUT2D eigenvalue weighted by molar-refractivity contribution is -0.130. The van der Waals surface area contributed by atoms with Crippen LogP contribution in [0.15, 0.2) is 53.4 Å². The van der Waals surface area contributed by atoms with E-state index in [1.54, 1.807) is 36.2 Å². The van der Waals surface area contributed by atoms with Crippen LogP contribution in [0, 0.1) is 0 Å². The molecular formula is C22H27ClN2O4S. The smallest absolute Gasteiger partial charge is 0.264 e. The number of sulfonamides is 1. The van der Waals surface area contributed by atoms with Gasteiger partial charge in [-0.05, 0) is 56.2 Å². The second-order valence-corrected chi connectivity index (χ2v) is 9.61. The lowest BCUT2D eigenvalue weighted by atomic mass is 10.2. The first-order valence-corrected chi connectivity index (χ1v) is 11.9. The van der Waals surface area contributed by atoms with Gasteiger partial charge in [0.1, 0.15) is 12.3 Å². The van der Waals surface area contributed by atoms with E-state index in [-0.39, 0.29) is 23.4 Å². The molecule has 0 aliphatic heterocycles. The van der Waals surface area contributed by atoms with E-state index in [1.165, 1.54) is 24.3 Å². The molecule has 2 aromatic rings. The number of hydrogen-bond donors (Lipinski definition) is 0. The molecule has 1 aliphatic carbocycles. The van der Waals surface area contributed by atoms with Gasteiger partial charge in [0.15, 0.2) is 0 Å². The van der Waals surface area contributed by atoms with Crippen molar-refractivity contribution in [2.45, 2.75) is 43.5 Å². The summed E-state index contributed by atoms with van der Waals surface area (Å²) in [4.78, 5) is 14.8. The van der Waals surface area contributed by atoms with Crippen molar-refractivity contribution in [2.75, 3.05) is 24.5 Å². The maximum Gasteiger partial charge on any atom is 0.264 e. The third kappa shape index (κ3) is 4.90.